The number of unbranched alkanes of at least 4 members (excludes halogenated alkanes) is 2. The molecule has 0 radical (unpaired) electrons. The molecule has 0 unspecified atom stereocenters. The molecule has 0 spiro atoms. The Bertz CT molecular complexity index is 847. The summed E-state index contributed by atoms with van der Waals surface area (Å²) in [5.74, 6) is 0.471. The van der Waals surface area contributed by atoms with Crippen LogP contribution in [0.25, 0.3) is 0 Å². The fraction of sp³-hybridized carbons (Fsp3) is 0.381. The van der Waals surface area contributed by atoms with Gasteiger partial charge < -0.3 is 10.1 Å². The molecule has 2 rings (SSSR count). The zero-order valence-electron chi connectivity index (χ0n) is 16.4. The van der Waals surface area contributed by atoms with Crippen molar-refractivity contribution in [3.63, 3.8) is 0 Å². The summed E-state index contributed by atoms with van der Waals surface area (Å²) in [6.07, 6.45) is 4.01. The number of ether oxygens (including phenoxy) is 1. The van der Waals surface area contributed by atoms with Gasteiger partial charge in [0.25, 0.3) is 5.91 Å². The van der Waals surface area contributed by atoms with Crippen LogP contribution in [0.2, 0.25) is 0 Å². The molecule has 2 aromatic carbocycles. The van der Waals surface area contributed by atoms with Crippen LogP contribution < -0.4 is 14.8 Å². The molecule has 0 saturated carbocycles. The Hall–Kier alpha value is -2.38. The first-order chi connectivity index (χ1) is 13.5. The number of nitrogens with one attached hydrogen (secondary N) is 2. The molecule has 1 amide bonds. The van der Waals surface area contributed by atoms with Crippen molar-refractivity contribution in [3.05, 3.63) is 54.1 Å². The van der Waals surface area contributed by atoms with Crippen LogP contribution in [0.15, 0.2) is 53.4 Å². The Kier molecular flexibility index (Phi) is 8.47. The van der Waals surface area contributed by atoms with Crippen LogP contribution in [0.5, 0.6) is 5.75 Å². The van der Waals surface area contributed by atoms with Crippen molar-refractivity contribution in [2.75, 3.05) is 18.5 Å². The van der Waals surface area contributed by atoms with Gasteiger partial charge in [-0.25, -0.2) is 13.1 Å². The van der Waals surface area contributed by atoms with E-state index >= 15 is 0 Å². The van der Waals surface area contributed by atoms with Gasteiger partial charge >= 0.3 is 0 Å². The van der Waals surface area contributed by atoms with Gasteiger partial charge in [0.05, 0.1) is 11.5 Å². The van der Waals surface area contributed by atoms with Crippen LogP contribution in [0.3, 0.4) is 0 Å². The van der Waals surface area contributed by atoms with Gasteiger partial charge in [0.2, 0.25) is 10.0 Å². The summed E-state index contributed by atoms with van der Waals surface area (Å²) in [7, 11) is -3.51. The van der Waals surface area contributed by atoms with Crippen molar-refractivity contribution in [2.24, 2.45) is 0 Å². The second kappa shape index (κ2) is 10.8. The molecule has 0 atom stereocenters. The van der Waals surface area contributed by atoms with Gasteiger partial charge in [-0.05, 0) is 61.4 Å². The molecular formula is C21H28N2O4S. The summed E-state index contributed by atoms with van der Waals surface area (Å²) >= 11 is 0. The first-order valence-corrected chi connectivity index (χ1v) is 11.1. The van der Waals surface area contributed by atoms with E-state index in [1.807, 2.05) is 6.92 Å². The maximum atomic E-state index is 12.4. The number of hydrogen-bond donors (Lipinski definition) is 2. The number of rotatable bonds is 11. The molecule has 7 heteroatoms. The molecular weight excluding hydrogens is 376 g/mol. The van der Waals surface area contributed by atoms with E-state index in [0.717, 1.165) is 31.4 Å². The average Bonchev–Trinajstić information content (AvgIpc) is 2.70. The highest BCUT2D eigenvalue weighted by atomic mass is 32.2. The number of anilines is 1. The molecule has 2 aromatic rings. The minimum Gasteiger partial charge on any atom is -0.494 e. The van der Waals surface area contributed by atoms with Gasteiger partial charge in [-0.15, -0.1) is 0 Å². The van der Waals surface area contributed by atoms with Crippen molar-refractivity contribution in [3.8, 4) is 5.75 Å². The molecule has 152 valence electrons. The van der Waals surface area contributed by atoms with Crippen LogP contribution in [-0.2, 0) is 10.0 Å². The van der Waals surface area contributed by atoms with Crippen molar-refractivity contribution >= 4 is 21.6 Å². The second-order valence-electron chi connectivity index (χ2n) is 6.46. The Morgan fingerprint density at radius 1 is 0.929 bits per heavy atom. The zero-order chi connectivity index (χ0) is 20.4. The predicted octanol–water partition coefficient (Wildman–Crippen LogP) is 4.20. The van der Waals surface area contributed by atoms with E-state index < -0.39 is 10.0 Å². The first kappa shape index (κ1) is 21.9. The minimum absolute atomic E-state index is 0.170. The third-order valence-electron chi connectivity index (χ3n) is 4.10. The summed E-state index contributed by atoms with van der Waals surface area (Å²) in [5, 5.41) is 2.76. The standard InChI is InChI=1S/C21H28N2O4S/c1-3-5-6-16-27-19-11-7-17(8-12-19)21(24)23-18-9-13-20(14-10-18)28(25,26)22-15-4-2/h7-14,22H,3-6,15-16H2,1-2H3,(H,23,24). The Balaban J connectivity index is 1.93. The van der Waals surface area contributed by atoms with Crippen LogP contribution in [0, 0.1) is 0 Å². The Morgan fingerprint density at radius 3 is 2.21 bits per heavy atom. The lowest BCUT2D eigenvalue weighted by Crippen LogP contribution is -2.24. The zero-order valence-corrected chi connectivity index (χ0v) is 17.2. The largest absolute Gasteiger partial charge is 0.494 e. The smallest absolute Gasteiger partial charge is 0.255 e. The third kappa shape index (κ3) is 6.65. The fourth-order valence-electron chi connectivity index (χ4n) is 2.49. The van der Waals surface area contributed by atoms with E-state index in [1.54, 1.807) is 36.4 Å². The summed E-state index contributed by atoms with van der Waals surface area (Å²) in [5.41, 5.74) is 1.03. The van der Waals surface area contributed by atoms with E-state index in [9.17, 15) is 13.2 Å². The number of amides is 1. The first-order valence-electron chi connectivity index (χ1n) is 9.60. The van der Waals surface area contributed by atoms with Crippen LogP contribution in [-0.4, -0.2) is 27.5 Å². The SMILES string of the molecule is CCCCCOc1ccc(C(=O)Nc2ccc(S(=O)(=O)NCCC)cc2)cc1. The van der Waals surface area contributed by atoms with Gasteiger partial charge in [-0.3, -0.25) is 4.79 Å². The van der Waals surface area contributed by atoms with Gasteiger partial charge in [0, 0.05) is 17.8 Å². The van der Waals surface area contributed by atoms with Gasteiger partial charge in [0.1, 0.15) is 5.75 Å². The predicted molar refractivity (Wildman–Crippen MR) is 111 cm³/mol. The lowest BCUT2D eigenvalue weighted by Gasteiger charge is -2.09. The normalized spacial score (nSPS) is 11.2. The quantitative estimate of drug-likeness (QED) is 0.550. The van der Waals surface area contributed by atoms with Crippen LogP contribution >= 0.6 is 0 Å². The molecule has 0 aromatic heterocycles. The Morgan fingerprint density at radius 2 is 1.61 bits per heavy atom. The molecule has 28 heavy (non-hydrogen) atoms. The molecule has 0 aliphatic heterocycles. The van der Waals surface area contributed by atoms with Crippen LogP contribution in [0.1, 0.15) is 49.9 Å². The van der Waals surface area contributed by atoms with Crippen molar-refractivity contribution in [2.45, 2.75) is 44.4 Å². The lowest BCUT2D eigenvalue weighted by molar-refractivity contribution is 0.102. The number of benzene rings is 2. The fourth-order valence-corrected chi connectivity index (χ4v) is 3.62. The topological polar surface area (TPSA) is 84.5 Å². The maximum absolute atomic E-state index is 12.4. The second-order valence-corrected chi connectivity index (χ2v) is 8.22. The van der Waals surface area contributed by atoms with Crippen LogP contribution in [0.4, 0.5) is 5.69 Å². The van der Waals surface area contributed by atoms with E-state index in [0.29, 0.717) is 24.4 Å². The van der Waals surface area contributed by atoms with E-state index in [2.05, 4.69) is 17.0 Å². The highest BCUT2D eigenvalue weighted by Crippen LogP contribution is 2.17. The van der Waals surface area contributed by atoms with Gasteiger partial charge in [-0.2, -0.15) is 0 Å². The Labute approximate surface area is 167 Å². The number of carbonyl (C=O) groups excluding carboxylic acids is 1. The van der Waals surface area contributed by atoms with E-state index in [-0.39, 0.29) is 10.8 Å². The summed E-state index contributed by atoms with van der Waals surface area (Å²) in [6.45, 7) is 5.09. The van der Waals surface area contributed by atoms with Crippen molar-refractivity contribution < 1.29 is 17.9 Å². The summed E-state index contributed by atoms with van der Waals surface area (Å²) in [6, 6.07) is 13.1. The molecule has 0 aliphatic rings. The molecule has 0 aliphatic carbocycles. The molecule has 0 saturated heterocycles. The van der Waals surface area contributed by atoms with E-state index in [4.69, 9.17) is 4.74 Å². The monoisotopic (exact) mass is 404 g/mol. The molecule has 0 fully saturated rings. The molecule has 2 N–H and O–H groups in total. The summed E-state index contributed by atoms with van der Waals surface area (Å²) in [4.78, 5) is 12.5. The van der Waals surface area contributed by atoms with Crippen molar-refractivity contribution in [1.29, 1.82) is 0 Å². The molecule has 6 nitrogen and oxygen atoms in total. The summed E-state index contributed by atoms with van der Waals surface area (Å²) < 4.78 is 32.3. The highest BCUT2D eigenvalue weighted by Gasteiger charge is 2.13. The molecule has 0 bridgehead atoms. The van der Waals surface area contributed by atoms with E-state index in [1.165, 1.54) is 12.1 Å². The number of hydrogen-bond acceptors (Lipinski definition) is 4. The van der Waals surface area contributed by atoms with Gasteiger partial charge in [-0.1, -0.05) is 26.7 Å². The molecule has 0 heterocycles. The van der Waals surface area contributed by atoms with Gasteiger partial charge in [0.15, 0.2) is 0 Å². The maximum Gasteiger partial charge on any atom is 0.255 e. The lowest BCUT2D eigenvalue weighted by atomic mass is 10.2. The number of sulfonamides is 1. The number of carbonyl (C=O) groups is 1. The highest BCUT2D eigenvalue weighted by molar-refractivity contribution is 7.89. The van der Waals surface area contributed by atoms with Crippen molar-refractivity contribution in [1.82, 2.24) is 4.72 Å². The minimum atomic E-state index is -3.51. The average molecular weight is 405 g/mol. The third-order valence-corrected chi connectivity index (χ3v) is 5.57.